The van der Waals surface area contributed by atoms with Crippen molar-refractivity contribution in [1.82, 2.24) is 19.9 Å². The molecule has 22 heavy (non-hydrogen) atoms. The van der Waals surface area contributed by atoms with Crippen LogP contribution in [0, 0.1) is 0 Å². The number of nitrogens with one attached hydrogen (secondary N) is 3. The number of hydrogen-bond donors (Lipinski definition) is 4. The van der Waals surface area contributed by atoms with E-state index >= 15 is 0 Å². The van der Waals surface area contributed by atoms with Crippen LogP contribution in [0.3, 0.4) is 0 Å². The van der Waals surface area contributed by atoms with Crippen LogP contribution < -0.4 is 5.69 Å². The Hall–Kier alpha value is -2.86. The average Bonchev–Trinajstić information content (AvgIpc) is 3.07. The Labute approximate surface area is 124 Å². The maximum atomic E-state index is 11.5. The zero-order valence-electron chi connectivity index (χ0n) is 11.8. The lowest BCUT2D eigenvalue weighted by atomic mass is 10.0. The third-order valence-electron chi connectivity index (χ3n) is 3.76. The van der Waals surface area contributed by atoms with E-state index in [1.165, 1.54) is 0 Å². The third kappa shape index (κ3) is 1.93. The van der Waals surface area contributed by atoms with E-state index in [1.54, 1.807) is 6.92 Å². The first-order valence-corrected chi connectivity index (χ1v) is 7.01. The largest absolute Gasteiger partial charge is 0.385 e. The fourth-order valence-electron chi connectivity index (χ4n) is 2.69. The van der Waals surface area contributed by atoms with Crippen LogP contribution in [-0.2, 0) is 0 Å². The minimum atomic E-state index is -0.639. The molecule has 0 bridgehead atoms. The molecule has 6 heteroatoms. The molecule has 0 aliphatic carbocycles. The van der Waals surface area contributed by atoms with Crippen molar-refractivity contribution in [2.75, 3.05) is 0 Å². The number of aliphatic hydroxyl groups excluding tert-OH is 1. The second-order valence-electron chi connectivity index (χ2n) is 5.34. The molecule has 0 aliphatic rings. The highest BCUT2D eigenvalue weighted by Crippen LogP contribution is 2.28. The molecule has 1 atom stereocenters. The Kier molecular flexibility index (Phi) is 2.67. The van der Waals surface area contributed by atoms with Crippen LogP contribution in [0.1, 0.15) is 18.9 Å². The lowest BCUT2D eigenvalue weighted by Gasteiger charge is -2.03. The summed E-state index contributed by atoms with van der Waals surface area (Å²) < 4.78 is 0. The van der Waals surface area contributed by atoms with Crippen molar-refractivity contribution < 1.29 is 5.11 Å². The first kappa shape index (κ1) is 12.8. The molecule has 110 valence electrons. The molecule has 4 aromatic rings. The number of H-pyrrole nitrogens is 3. The Morgan fingerprint density at radius 1 is 1.09 bits per heavy atom. The topological polar surface area (TPSA) is 97.6 Å². The molecule has 0 radical (unpaired) electrons. The molecule has 2 aromatic heterocycles. The molecule has 4 rings (SSSR count). The monoisotopic (exact) mass is 294 g/mol. The second-order valence-corrected chi connectivity index (χ2v) is 5.34. The number of aromatic amines is 3. The van der Waals surface area contributed by atoms with E-state index in [9.17, 15) is 9.90 Å². The number of hydrogen-bond acceptors (Lipinski definition) is 3. The molecule has 4 N–H and O–H groups in total. The van der Waals surface area contributed by atoms with Gasteiger partial charge >= 0.3 is 5.69 Å². The fourth-order valence-corrected chi connectivity index (χ4v) is 2.69. The number of nitrogens with zero attached hydrogens (tertiary/aromatic N) is 1. The summed E-state index contributed by atoms with van der Waals surface area (Å²) in [6, 6.07) is 11.5. The van der Waals surface area contributed by atoms with Crippen LogP contribution in [0.15, 0.2) is 41.2 Å². The molecule has 2 aromatic carbocycles. The van der Waals surface area contributed by atoms with E-state index in [1.807, 2.05) is 36.4 Å². The molecule has 2 heterocycles. The molecule has 0 fully saturated rings. The maximum absolute atomic E-state index is 11.5. The summed E-state index contributed by atoms with van der Waals surface area (Å²) in [5, 5.41) is 9.62. The summed E-state index contributed by atoms with van der Waals surface area (Å²) in [5.74, 6) is 0.542. The number of aliphatic hydroxyl groups is 1. The normalized spacial score (nSPS) is 13.0. The minimum absolute atomic E-state index is 0.221. The molecule has 1 unspecified atom stereocenters. The van der Waals surface area contributed by atoms with Crippen molar-refractivity contribution in [3.8, 4) is 11.1 Å². The molecular formula is C16H14N4O2. The van der Waals surface area contributed by atoms with Gasteiger partial charge in [0.05, 0.1) is 22.1 Å². The minimum Gasteiger partial charge on any atom is -0.385 e. The van der Waals surface area contributed by atoms with Gasteiger partial charge in [0.15, 0.2) is 0 Å². The molecule has 0 saturated heterocycles. The van der Waals surface area contributed by atoms with E-state index in [2.05, 4.69) is 19.9 Å². The molecule has 0 amide bonds. The molecule has 0 saturated carbocycles. The van der Waals surface area contributed by atoms with Gasteiger partial charge in [0.1, 0.15) is 11.9 Å². The van der Waals surface area contributed by atoms with Gasteiger partial charge in [-0.3, -0.25) is 0 Å². The number of aromatic nitrogens is 4. The lowest BCUT2D eigenvalue weighted by Crippen LogP contribution is -1.99. The zero-order valence-corrected chi connectivity index (χ0v) is 11.8. The predicted molar refractivity (Wildman–Crippen MR) is 84.6 cm³/mol. The average molecular weight is 294 g/mol. The van der Waals surface area contributed by atoms with Crippen LogP contribution in [0.5, 0.6) is 0 Å². The van der Waals surface area contributed by atoms with Crippen molar-refractivity contribution in [3.05, 3.63) is 52.7 Å². The van der Waals surface area contributed by atoms with E-state index < -0.39 is 6.10 Å². The van der Waals surface area contributed by atoms with Crippen molar-refractivity contribution in [3.63, 3.8) is 0 Å². The SMILES string of the molecule is CC(O)c1nc2ccc(-c3cccc4[nH]c(=O)[nH]c34)cc2[nH]1. The van der Waals surface area contributed by atoms with Gasteiger partial charge in [0, 0.05) is 5.56 Å². The third-order valence-corrected chi connectivity index (χ3v) is 3.76. The van der Waals surface area contributed by atoms with Gasteiger partial charge in [-0.2, -0.15) is 0 Å². The Bertz CT molecular complexity index is 1040. The summed E-state index contributed by atoms with van der Waals surface area (Å²) in [6.07, 6.45) is -0.639. The first-order chi connectivity index (χ1) is 10.6. The molecule has 0 aliphatic heterocycles. The summed E-state index contributed by atoms with van der Waals surface area (Å²) in [7, 11) is 0. The van der Waals surface area contributed by atoms with Crippen LogP contribution in [0.4, 0.5) is 0 Å². The Balaban J connectivity index is 1.94. The molecule has 6 nitrogen and oxygen atoms in total. The van der Waals surface area contributed by atoms with Crippen molar-refractivity contribution >= 4 is 22.1 Å². The van der Waals surface area contributed by atoms with Gasteiger partial charge in [-0.1, -0.05) is 18.2 Å². The van der Waals surface area contributed by atoms with E-state index in [0.29, 0.717) is 5.82 Å². The van der Waals surface area contributed by atoms with Gasteiger partial charge in [0.25, 0.3) is 0 Å². The number of imidazole rings is 2. The van der Waals surface area contributed by atoms with Gasteiger partial charge in [-0.25, -0.2) is 9.78 Å². The molecule has 0 spiro atoms. The van der Waals surface area contributed by atoms with Crippen LogP contribution in [0.2, 0.25) is 0 Å². The number of para-hydroxylation sites is 1. The fraction of sp³-hybridized carbons (Fsp3) is 0.125. The highest BCUT2D eigenvalue weighted by molar-refractivity contribution is 5.94. The van der Waals surface area contributed by atoms with Gasteiger partial charge in [0.2, 0.25) is 0 Å². The van der Waals surface area contributed by atoms with Crippen molar-refractivity contribution in [1.29, 1.82) is 0 Å². The van der Waals surface area contributed by atoms with Crippen molar-refractivity contribution in [2.45, 2.75) is 13.0 Å². The van der Waals surface area contributed by atoms with Crippen LogP contribution >= 0.6 is 0 Å². The second kappa shape index (κ2) is 4.57. The summed E-state index contributed by atoms with van der Waals surface area (Å²) >= 11 is 0. The number of rotatable bonds is 2. The predicted octanol–water partition coefficient (Wildman–Crippen LogP) is 2.45. The zero-order chi connectivity index (χ0) is 15.3. The summed E-state index contributed by atoms with van der Waals surface area (Å²) in [6.45, 7) is 1.67. The highest BCUT2D eigenvalue weighted by atomic mass is 16.3. The van der Waals surface area contributed by atoms with Crippen molar-refractivity contribution in [2.24, 2.45) is 0 Å². The van der Waals surface area contributed by atoms with Gasteiger partial charge in [-0.15, -0.1) is 0 Å². The standard InChI is InChI=1S/C16H14N4O2/c1-8(21)15-17-11-6-5-9(7-13(11)18-15)10-3-2-4-12-14(10)20-16(22)19-12/h2-8,21H,1H3,(H,17,18)(H2,19,20,22). The van der Waals surface area contributed by atoms with Gasteiger partial charge < -0.3 is 20.1 Å². The summed E-state index contributed by atoms with van der Waals surface area (Å²) in [4.78, 5) is 24.6. The number of fused-ring (bicyclic) bond motifs is 2. The summed E-state index contributed by atoms with van der Waals surface area (Å²) in [5.41, 5.74) is 4.89. The first-order valence-electron chi connectivity index (χ1n) is 7.01. The Morgan fingerprint density at radius 3 is 2.77 bits per heavy atom. The van der Waals surface area contributed by atoms with Crippen LogP contribution in [-0.4, -0.2) is 25.0 Å². The quantitative estimate of drug-likeness (QED) is 0.457. The highest BCUT2D eigenvalue weighted by Gasteiger charge is 2.11. The molecular weight excluding hydrogens is 280 g/mol. The maximum Gasteiger partial charge on any atom is 0.323 e. The lowest BCUT2D eigenvalue weighted by molar-refractivity contribution is 0.190. The van der Waals surface area contributed by atoms with E-state index in [-0.39, 0.29) is 5.69 Å². The smallest absolute Gasteiger partial charge is 0.323 e. The Morgan fingerprint density at radius 2 is 1.95 bits per heavy atom. The van der Waals surface area contributed by atoms with E-state index in [0.717, 1.165) is 33.2 Å². The van der Waals surface area contributed by atoms with E-state index in [4.69, 9.17) is 0 Å². The van der Waals surface area contributed by atoms with Gasteiger partial charge in [-0.05, 0) is 30.7 Å². The van der Waals surface area contributed by atoms with Crippen LogP contribution in [0.25, 0.3) is 33.2 Å². The number of benzene rings is 2.